The fraction of sp³-hybridized carbons (Fsp3) is 0.111. The molecule has 0 atom stereocenters. The van der Waals surface area contributed by atoms with Gasteiger partial charge in [-0.25, -0.2) is 0 Å². The van der Waals surface area contributed by atoms with Crippen molar-refractivity contribution in [2.24, 2.45) is 0 Å². The van der Waals surface area contributed by atoms with Gasteiger partial charge in [-0.05, 0) is 12.1 Å². The SMILES string of the molecule is COc1cccc2[nH]cc([N+](=O)[O-])c12. The lowest BCUT2D eigenvalue weighted by atomic mass is 10.2. The first-order chi connectivity index (χ1) is 6.74. The van der Waals surface area contributed by atoms with E-state index in [2.05, 4.69) is 4.98 Å². The van der Waals surface area contributed by atoms with Crippen LogP contribution in [-0.2, 0) is 0 Å². The van der Waals surface area contributed by atoms with Crippen LogP contribution in [0.3, 0.4) is 0 Å². The zero-order valence-electron chi connectivity index (χ0n) is 7.48. The summed E-state index contributed by atoms with van der Waals surface area (Å²) in [6.45, 7) is 0. The monoisotopic (exact) mass is 192 g/mol. The molecule has 0 spiro atoms. The molecule has 72 valence electrons. The molecule has 0 amide bonds. The van der Waals surface area contributed by atoms with Crippen LogP contribution in [-0.4, -0.2) is 17.0 Å². The topological polar surface area (TPSA) is 68.2 Å². The highest BCUT2D eigenvalue weighted by molar-refractivity contribution is 5.94. The third-order valence-corrected chi connectivity index (χ3v) is 2.06. The van der Waals surface area contributed by atoms with E-state index in [-0.39, 0.29) is 5.69 Å². The van der Waals surface area contributed by atoms with Gasteiger partial charge >= 0.3 is 0 Å². The van der Waals surface area contributed by atoms with Crippen molar-refractivity contribution in [2.75, 3.05) is 7.11 Å². The smallest absolute Gasteiger partial charge is 0.298 e. The minimum atomic E-state index is -0.429. The summed E-state index contributed by atoms with van der Waals surface area (Å²) in [6.07, 6.45) is 1.37. The molecule has 1 heterocycles. The average Bonchev–Trinajstić information content (AvgIpc) is 2.60. The van der Waals surface area contributed by atoms with Crippen LogP contribution in [0.15, 0.2) is 24.4 Å². The Labute approximate surface area is 79.5 Å². The summed E-state index contributed by atoms with van der Waals surface area (Å²) >= 11 is 0. The Bertz CT molecular complexity index is 490. The molecular weight excluding hydrogens is 184 g/mol. The fourth-order valence-electron chi connectivity index (χ4n) is 1.45. The number of rotatable bonds is 2. The van der Waals surface area contributed by atoms with Crippen LogP contribution >= 0.6 is 0 Å². The van der Waals surface area contributed by atoms with Crippen LogP contribution in [0.25, 0.3) is 10.9 Å². The second-order valence-corrected chi connectivity index (χ2v) is 2.81. The molecule has 0 saturated carbocycles. The van der Waals surface area contributed by atoms with Gasteiger partial charge in [0.1, 0.15) is 11.1 Å². The van der Waals surface area contributed by atoms with Crippen LogP contribution in [0.4, 0.5) is 5.69 Å². The molecule has 1 aromatic heterocycles. The van der Waals surface area contributed by atoms with Gasteiger partial charge in [-0.3, -0.25) is 10.1 Å². The number of nitro groups is 1. The largest absolute Gasteiger partial charge is 0.496 e. The van der Waals surface area contributed by atoms with E-state index in [4.69, 9.17) is 4.74 Å². The fourth-order valence-corrected chi connectivity index (χ4v) is 1.45. The quantitative estimate of drug-likeness (QED) is 0.585. The lowest BCUT2D eigenvalue weighted by Gasteiger charge is -1.99. The van der Waals surface area contributed by atoms with E-state index in [1.54, 1.807) is 18.2 Å². The first kappa shape index (κ1) is 8.55. The number of hydrogen-bond acceptors (Lipinski definition) is 3. The third-order valence-electron chi connectivity index (χ3n) is 2.06. The average molecular weight is 192 g/mol. The first-order valence-electron chi connectivity index (χ1n) is 4.02. The summed E-state index contributed by atoms with van der Waals surface area (Å²) < 4.78 is 5.05. The Morgan fingerprint density at radius 1 is 1.50 bits per heavy atom. The van der Waals surface area contributed by atoms with Gasteiger partial charge in [-0.1, -0.05) is 6.07 Å². The minimum Gasteiger partial charge on any atom is -0.496 e. The highest BCUT2D eigenvalue weighted by atomic mass is 16.6. The number of methoxy groups -OCH3 is 1. The number of fused-ring (bicyclic) bond motifs is 1. The lowest BCUT2D eigenvalue weighted by molar-refractivity contribution is -0.383. The summed E-state index contributed by atoms with van der Waals surface area (Å²) in [5.41, 5.74) is 0.744. The van der Waals surface area contributed by atoms with Crippen molar-refractivity contribution in [3.8, 4) is 5.75 Å². The Balaban J connectivity index is 2.81. The van der Waals surface area contributed by atoms with E-state index in [0.717, 1.165) is 0 Å². The molecule has 0 saturated heterocycles. The summed E-state index contributed by atoms with van der Waals surface area (Å²) in [5, 5.41) is 11.2. The number of nitrogens with one attached hydrogen (secondary N) is 1. The molecule has 14 heavy (non-hydrogen) atoms. The minimum absolute atomic E-state index is 0.0393. The number of aromatic amines is 1. The summed E-state index contributed by atoms with van der Waals surface area (Å²) in [7, 11) is 1.49. The van der Waals surface area contributed by atoms with Crippen LogP contribution < -0.4 is 4.74 Å². The van der Waals surface area contributed by atoms with Crippen molar-refractivity contribution in [1.29, 1.82) is 0 Å². The Kier molecular flexibility index (Phi) is 1.85. The normalized spacial score (nSPS) is 10.4. The molecule has 0 unspecified atom stereocenters. The Hall–Kier alpha value is -2.04. The van der Waals surface area contributed by atoms with Gasteiger partial charge in [0.2, 0.25) is 0 Å². The second-order valence-electron chi connectivity index (χ2n) is 2.81. The van der Waals surface area contributed by atoms with Gasteiger partial charge in [-0.15, -0.1) is 0 Å². The molecule has 5 nitrogen and oxygen atoms in total. The second kappa shape index (κ2) is 3.02. The van der Waals surface area contributed by atoms with Crippen molar-refractivity contribution in [1.82, 2.24) is 4.98 Å². The molecule has 2 rings (SSSR count). The van der Waals surface area contributed by atoms with Gasteiger partial charge in [0.05, 0.1) is 23.7 Å². The molecule has 0 aliphatic carbocycles. The van der Waals surface area contributed by atoms with Crippen molar-refractivity contribution in [3.63, 3.8) is 0 Å². The van der Waals surface area contributed by atoms with Crippen LogP contribution in [0.5, 0.6) is 5.75 Å². The number of hydrogen-bond donors (Lipinski definition) is 1. The highest BCUT2D eigenvalue weighted by Gasteiger charge is 2.17. The van der Waals surface area contributed by atoms with Crippen molar-refractivity contribution in [2.45, 2.75) is 0 Å². The zero-order chi connectivity index (χ0) is 10.1. The van der Waals surface area contributed by atoms with Gasteiger partial charge in [0, 0.05) is 0 Å². The van der Waals surface area contributed by atoms with Gasteiger partial charge in [-0.2, -0.15) is 0 Å². The van der Waals surface area contributed by atoms with Gasteiger partial charge < -0.3 is 9.72 Å². The zero-order valence-corrected chi connectivity index (χ0v) is 7.48. The highest BCUT2D eigenvalue weighted by Crippen LogP contribution is 2.32. The number of benzene rings is 1. The van der Waals surface area contributed by atoms with Crippen LogP contribution in [0.1, 0.15) is 0 Å². The number of aromatic nitrogens is 1. The van der Waals surface area contributed by atoms with E-state index >= 15 is 0 Å². The summed E-state index contributed by atoms with van der Waals surface area (Å²) in [6, 6.07) is 5.25. The molecule has 0 bridgehead atoms. The number of H-pyrrole nitrogens is 1. The number of ether oxygens (including phenoxy) is 1. The van der Waals surface area contributed by atoms with Gasteiger partial charge in [0.15, 0.2) is 0 Å². The van der Waals surface area contributed by atoms with Crippen LogP contribution in [0.2, 0.25) is 0 Å². The van der Waals surface area contributed by atoms with E-state index in [1.165, 1.54) is 13.3 Å². The summed E-state index contributed by atoms with van der Waals surface area (Å²) in [4.78, 5) is 13.1. The molecule has 0 aliphatic rings. The van der Waals surface area contributed by atoms with E-state index in [9.17, 15) is 10.1 Å². The molecule has 0 aliphatic heterocycles. The standard InChI is InChI=1S/C9H8N2O3/c1-14-8-4-2-3-6-9(8)7(5-10-6)11(12)13/h2-5,10H,1H3. The van der Waals surface area contributed by atoms with E-state index in [1.807, 2.05) is 0 Å². The van der Waals surface area contributed by atoms with E-state index < -0.39 is 4.92 Å². The van der Waals surface area contributed by atoms with Crippen molar-refractivity contribution in [3.05, 3.63) is 34.5 Å². The number of nitrogens with zero attached hydrogens (tertiary/aromatic N) is 1. The molecule has 1 N–H and O–H groups in total. The van der Waals surface area contributed by atoms with E-state index in [0.29, 0.717) is 16.7 Å². The maximum absolute atomic E-state index is 10.7. The molecule has 0 fully saturated rings. The first-order valence-corrected chi connectivity index (χ1v) is 4.02. The predicted octanol–water partition coefficient (Wildman–Crippen LogP) is 2.08. The molecular formula is C9H8N2O3. The Morgan fingerprint density at radius 2 is 2.29 bits per heavy atom. The molecule has 0 radical (unpaired) electrons. The molecule has 1 aromatic carbocycles. The predicted molar refractivity (Wildman–Crippen MR) is 51.5 cm³/mol. The third kappa shape index (κ3) is 1.10. The van der Waals surface area contributed by atoms with Crippen molar-refractivity contribution < 1.29 is 9.66 Å². The van der Waals surface area contributed by atoms with Gasteiger partial charge in [0.25, 0.3) is 5.69 Å². The summed E-state index contributed by atoms with van der Waals surface area (Å²) in [5.74, 6) is 0.510. The lowest BCUT2D eigenvalue weighted by Crippen LogP contribution is -1.88. The van der Waals surface area contributed by atoms with Crippen molar-refractivity contribution >= 4 is 16.6 Å². The maximum Gasteiger partial charge on any atom is 0.298 e. The molecule has 2 aromatic rings. The maximum atomic E-state index is 10.7. The van der Waals surface area contributed by atoms with Crippen LogP contribution in [0, 0.1) is 10.1 Å². The molecule has 5 heteroatoms. The Morgan fingerprint density at radius 3 is 2.93 bits per heavy atom.